The molecule has 1 aliphatic rings. The van der Waals surface area contributed by atoms with Crippen LogP contribution in [-0.2, 0) is 17.9 Å². The molecule has 4 aromatic heterocycles. The molecule has 0 aromatic carbocycles. The van der Waals surface area contributed by atoms with Crippen LogP contribution in [0.15, 0.2) is 36.8 Å². The Kier molecular flexibility index (Phi) is 3.76. The van der Waals surface area contributed by atoms with Gasteiger partial charge in [-0.25, -0.2) is 9.37 Å². The Morgan fingerprint density at radius 3 is 2.90 bits per heavy atom. The smallest absolute Gasteiger partial charge is 0.141 e. The van der Waals surface area contributed by atoms with Gasteiger partial charge < -0.3 is 9.72 Å². The summed E-state index contributed by atoms with van der Waals surface area (Å²) in [4.78, 5) is 11.6. The highest BCUT2D eigenvalue weighted by Crippen LogP contribution is 2.40. The first-order valence-electron chi connectivity index (χ1n) is 9.19. The fraction of sp³-hybridized carbons (Fsp3) is 0.238. The Morgan fingerprint density at radius 1 is 1.28 bits per heavy atom. The van der Waals surface area contributed by atoms with Crippen molar-refractivity contribution in [3.05, 3.63) is 53.9 Å². The van der Waals surface area contributed by atoms with E-state index in [9.17, 15) is 9.65 Å². The zero-order chi connectivity index (χ0) is 20.2. The van der Waals surface area contributed by atoms with E-state index in [1.54, 1.807) is 18.5 Å². The van der Waals surface area contributed by atoms with Crippen molar-refractivity contribution in [1.29, 1.82) is 5.26 Å². The number of fused-ring (bicyclic) bond motifs is 2. The van der Waals surface area contributed by atoms with Gasteiger partial charge in [-0.2, -0.15) is 10.4 Å². The van der Waals surface area contributed by atoms with Gasteiger partial charge in [0.2, 0.25) is 0 Å². The first-order valence-corrected chi connectivity index (χ1v) is 9.19. The number of nitrogens with one attached hydrogen (secondary N) is 1. The van der Waals surface area contributed by atoms with Gasteiger partial charge in [-0.1, -0.05) is 0 Å². The molecule has 0 radical (unpaired) electrons. The van der Waals surface area contributed by atoms with Gasteiger partial charge in [0.25, 0.3) is 0 Å². The number of pyridine rings is 2. The summed E-state index contributed by atoms with van der Waals surface area (Å²) in [6.45, 7) is 4.96. The van der Waals surface area contributed by atoms with Crippen LogP contribution in [0.1, 0.15) is 25.1 Å². The molecule has 0 saturated carbocycles. The van der Waals surface area contributed by atoms with Crippen molar-refractivity contribution in [3.63, 3.8) is 0 Å². The SMILES string of the molecule is CC1(C)Cn2nc(-c3ccc(F)cn3)c(-c3ccnc4[nH]cc(C#N)c34)c2CO1. The van der Waals surface area contributed by atoms with Crippen molar-refractivity contribution in [3.8, 4) is 28.6 Å². The van der Waals surface area contributed by atoms with E-state index >= 15 is 0 Å². The number of aromatic nitrogens is 5. The highest BCUT2D eigenvalue weighted by molar-refractivity contribution is 6.00. The van der Waals surface area contributed by atoms with E-state index in [2.05, 4.69) is 21.0 Å². The molecule has 5 heterocycles. The zero-order valence-corrected chi connectivity index (χ0v) is 15.9. The average Bonchev–Trinajstić information content (AvgIpc) is 3.28. The number of ether oxygens (including phenoxy) is 1. The fourth-order valence-corrected chi connectivity index (χ4v) is 3.78. The summed E-state index contributed by atoms with van der Waals surface area (Å²) in [5.74, 6) is -0.410. The molecule has 144 valence electrons. The fourth-order valence-electron chi connectivity index (χ4n) is 3.78. The molecule has 7 nitrogen and oxygen atoms in total. The van der Waals surface area contributed by atoms with Crippen molar-refractivity contribution in [2.45, 2.75) is 32.6 Å². The number of hydrogen-bond donors (Lipinski definition) is 1. The average molecular weight is 388 g/mol. The van der Waals surface area contributed by atoms with E-state index in [0.717, 1.165) is 22.2 Å². The number of halogens is 1. The maximum absolute atomic E-state index is 13.5. The summed E-state index contributed by atoms with van der Waals surface area (Å²) in [5.41, 5.74) is 4.47. The minimum Gasteiger partial charge on any atom is -0.367 e. The molecule has 0 fully saturated rings. The number of H-pyrrole nitrogens is 1. The van der Waals surface area contributed by atoms with Crippen LogP contribution < -0.4 is 0 Å². The van der Waals surface area contributed by atoms with E-state index in [4.69, 9.17) is 9.84 Å². The molecule has 0 unspecified atom stereocenters. The third-order valence-electron chi connectivity index (χ3n) is 5.12. The maximum Gasteiger partial charge on any atom is 0.141 e. The second kappa shape index (κ2) is 6.22. The minimum atomic E-state index is -0.410. The van der Waals surface area contributed by atoms with Gasteiger partial charge in [-0.15, -0.1) is 0 Å². The lowest BCUT2D eigenvalue weighted by atomic mass is 9.97. The lowest BCUT2D eigenvalue weighted by Crippen LogP contribution is -2.36. The van der Waals surface area contributed by atoms with Crippen LogP contribution in [0.3, 0.4) is 0 Å². The molecule has 8 heteroatoms. The predicted molar refractivity (Wildman–Crippen MR) is 104 cm³/mol. The molecular formula is C21H17FN6O. The second-order valence-corrected chi connectivity index (χ2v) is 7.63. The highest BCUT2D eigenvalue weighted by Gasteiger charge is 2.32. The molecule has 0 saturated heterocycles. The molecule has 0 atom stereocenters. The Hall–Kier alpha value is -3.57. The first kappa shape index (κ1) is 17.5. The third kappa shape index (κ3) is 2.79. The molecule has 1 N–H and O–H groups in total. The summed E-state index contributed by atoms with van der Waals surface area (Å²) >= 11 is 0. The van der Waals surface area contributed by atoms with E-state index in [-0.39, 0.29) is 5.60 Å². The molecule has 0 spiro atoms. The molecule has 4 aromatic rings. The van der Waals surface area contributed by atoms with E-state index in [0.29, 0.717) is 35.8 Å². The van der Waals surface area contributed by atoms with E-state index in [1.165, 1.54) is 12.3 Å². The lowest BCUT2D eigenvalue weighted by Gasteiger charge is -2.31. The normalized spacial score (nSPS) is 15.2. The van der Waals surface area contributed by atoms with Gasteiger partial charge in [0.05, 0.1) is 41.9 Å². The van der Waals surface area contributed by atoms with Crippen LogP contribution in [0.5, 0.6) is 0 Å². The van der Waals surface area contributed by atoms with Crippen molar-refractivity contribution in [1.82, 2.24) is 24.7 Å². The molecule has 0 amide bonds. The van der Waals surface area contributed by atoms with Crippen molar-refractivity contribution in [2.24, 2.45) is 0 Å². The molecule has 0 aliphatic carbocycles. The van der Waals surface area contributed by atoms with Crippen LogP contribution in [0.25, 0.3) is 33.5 Å². The van der Waals surface area contributed by atoms with E-state index < -0.39 is 5.82 Å². The largest absolute Gasteiger partial charge is 0.367 e. The van der Waals surface area contributed by atoms with Crippen LogP contribution in [0.2, 0.25) is 0 Å². The summed E-state index contributed by atoms with van der Waals surface area (Å²) in [6.07, 6.45) is 4.51. The monoisotopic (exact) mass is 388 g/mol. The highest BCUT2D eigenvalue weighted by atomic mass is 19.1. The van der Waals surface area contributed by atoms with Gasteiger partial charge in [-0.3, -0.25) is 9.67 Å². The quantitative estimate of drug-likeness (QED) is 0.564. The van der Waals surface area contributed by atoms with Crippen LogP contribution in [0, 0.1) is 17.1 Å². The molecular weight excluding hydrogens is 371 g/mol. The van der Waals surface area contributed by atoms with Crippen LogP contribution >= 0.6 is 0 Å². The first-order chi connectivity index (χ1) is 14.0. The Bertz CT molecular complexity index is 1280. The van der Waals surface area contributed by atoms with Gasteiger partial charge in [0, 0.05) is 23.3 Å². The Balaban J connectivity index is 1.83. The van der Waals surface area contributed by atoms with Gasteiger partial charge in [0.15, 0.2) is 0 Å². The summed E-state index contributed by atoms with van der Waals surface area (Å²) in [5, 5.41) is 15.1. The zero-order valence-electron chi connectivity index (χ0n) is 15.9. The molecule has 1 aliphatic heterocycles. The van der Waals surface area contributed by atoms with E-state index in [1.807, 2.05) is 24.6 Å². The second-order valence-electron chi connectivity index (χ2n) is 7.63. The summed E-state index contributed by atoms with van der Waals surface area (Å²) in [6, 6.07) is 7.06. The molecule has 29 heavy (non-hydrogen) atoms. The summed E-state index contributed by atoms with van der Waals surface area (Å²) in [7, 11) is 0. The lowest BCUT2D eigenvalue weighted by molar-refractivity contribution is -0.0657. The van der Waals surface area contributed by atoms with Gasteiger partial charge in [0.1, 0.15) is 23.2 Å². The topological polar surface area (TPSA) is 92.4 Å². The molecule has 5 rings (SSSR count). The number of hydrogen-bond acceptors (Lipinski definition) is 5. The number of nitriles is 1. The summed E-state index contributed by atoms with van der Waals surface area (Å²) < 4.78 is 21.4. The van der Waals surface area contributed by atoms with Crippen molar-refractivity contribution < 1.29 is 9.13 Å². The molecule has 0 bridgehead atoms. The minimum absolute atomic E-state index is 0.358. The predicted octanol–water partition coefficient (Wildman–Crippen LogP) is 3.81. The number of rotatable bonds is 2. The maximum atomic E-state index is 13.5. The van der Waals surface area contributed by atoms with Crippen molar-refractivity contribution in [2.75, 3.05) is 0 Å². The van der Waals surface area contributed by atoms with Crippen molar-refractivity contribution >= 4 is 11.0 Å². The van der Waals surface area contributed by atoms with Gasteiger partial charge in [-0.05, 0) is 37.6 Å². The Morgan fingerprint density at radius 2 is 2.14 bits per heavy atom. The van der Waals surface area contributed by atoms with Gasteiger partial charge >= 0.3 is 0 Å². The standard InChI is InChI=1S/C21H17FN6O/c1-21(2)11-28-16(10-29-21)18(19(27-28)15-4-3-13(22)9-25-15)14-5-6-24-20-17(14)12(7-23)8-26-20/h3-6,8-9H,10-11H2,1-2H3,(H,24,26). The third-order valence-corrected chi connectivity index (χ3v) is 5.12. The number of aromatic amines is 1. The Labute approximate surface area is 165 Å². The van der Waals surface area contributed by atoms with Crippen LogP contribution in [0.4, 0.5) is 4.39 Å². The number of nitrogens with zero attached hydrogens (tertiary/aromatic N) is 5. The van der Waals surface area contributed by atoms with Crippen LogP contribution in [-0.4, -0.2) is 30.3 Å².